The lowest BCUT2D eigenvalue weighted by Crippen LogP contribution is -2.06. The topological polar surface area (TPSA) is 57.4 Å². The van der Waals surface area contributed by atoms with Crippen LogP contribution in [0.1, 0.15) is 33.4 Å². The highest BCUT2D eigenvalue weighted by Gasteiger charge is 2.26. The molecule has 0 unspecified atom stereocenters. The van der Waals surface area contributed by atoms with Crippen molar-refractivity contribution in [1.29, 1.82) is 10.5 Å². The molecule has 12 rings (SSSR count). The molecule has 4 heteroatoms. The molecule has 0 aliphatic rings. The molecule has 2 heterocycles. The van der Waals surface area contributed by atoms with Gasteiger partial charge in [-0.1, -0.05) is 186 Å². The first-order valence-electron chi connectivity index (χ1n) is 23.8. The minimum absolute atomic E-state index is 0.514. The number of benzene rings is 10. The maximum atomic E-state index is 12.1. The van der Waals surface area contributed by atoms with E-state index >= 15 is 0 Å². The minimum atomic E-state index is 0.514. The van der Waals surface area contributed by atoms with E-state index in [1.54, 1.807) is 0 Å². The molecule has 10 aromatic carbocycles. The molecule has 0 N–H and O–H groups in total. The molecule has 0 saturated carbocycles. The summed E-state index contributed by atoms with van der Waals surface area (Å²) in [5.41, 5.74) is 21.8. The van der Waals surface area contributed by atoms with Crippen LogP contribution in [-0.2, 0) is 0 Å². The van der Waals surface area contributed by atoms with Crippen LogP contribution in [0, 0.1) is 50.4 Å². The highest BCUT2D eigenvalue weighted by atomic mass is 15.0. The summed E-state index contributed by atoms with van der Waals surface area (Å²) in [4.78, 5) is 0. The summed E-state index contributed by atoms with van der Waals surface area (Å²) in [6.45, 7) is 8.45. The first-order valence-corrected chi connectivity index (χ1v) is 23.8. The second-order valence-electron chi connectivity index (χ2n) is 18.7. The minimum Gasteiger partial charge on any atom is -0.308 e. The molecule has 0 bridgehead atoms. The average molecular weight is 895 g/mol. The van der Waals surface area contributed by atoms with Gasteiger partial charge in [0.1, 0.15) is 11.6 Å². The van der Waals surface area contributed by atoms with E-state index in [-0.39, 0.29) is 0 Å². The number of nitriles is 2. The van der Waals surface area contributed by atoms with Gasteiger partial charge in [0.2, 0.25) is 0 Å². The van der Waals surface area contributed by atoms with Gasteiger partial charge in [0, 0.05) is 27.1 Å². The lowest BCUT2D eigenvalue weighted by molar-refractivity contribution is 1.12. The molecular weight excluding hydrogens is 849 g/mol. The zero-order valence-electron chi connectivity index (χ0n) is 39.4. The van der Waals surface area contributed by atoms with Gasteiger partial charge < -0.3 is 9.13 Å². The third kappa shape index (κ3) is 7.14. The van der Waals surface area contributed by atoms with Gasteiger partial charge in [0.15, 0.2) is 0 Å². The van der Waals surface area contributed by atoms with E-state index in [0.717, 1.165) is 111 Å². The van der Waals surface area contributed by atoms with E-state index in [9.17, 15) is 10.5 Å². The van der Waals surface area contributed by atoms with Crippen LogP contribution in [0.25, 0.3) is 111 Å². The maximum absolute atomic E-state index is 12.1. The molecule has 0 spiro atoms. The molecule has 0 atom stereocenters. The summed E-state index contributed by atoms with van der Waals surface area (Å²) in [6, 6.07) is 78.8. The van der Waals surface area contributed by atoms with Gasteiger partial charge in [-0.05, 0) is 120 Å². The summed E-state index contributed by atoms with van der Waals surface area (Å²) in [5, 5.41) is 26.7. The van der Waals surface area contributed by atoms with E-state index in [0.29, 0.717) is 11.1 Å². The molecule has 0 aliphatic carbocycles. The highest BCUT2D eigenvalue weighted by Crippen LogP contribution is 2.45. The second-order valence-corrected chi connectivity index (χ2v) is 18.7. The van der Waals surface area contributed by atoms with Gasteiger partial charge in [-0.15, -0.1) is 0 Å². The second kappa shape index (κ2) is 16.8. The number of hydrogen-bond acceptors (Lipinski definition) is 2. The third-order valence-electron chi connectivity index (χ3n) is 14.1. The van der Waals surface area contributed by atoms with E-state index < -0.39 is 0 Å². The van der Waals surface area contributed by atoms with Gasteiger partial charge in [-0.2, -0.15) is 10.5 Å². The Hall–Kier alpha value is -9.22. The van der Waals surface area contributed by atoms with Crippen LogP contribution in [0.2, 0.25) is 0 Å². The van der Waals surface area contributed by atoms with Crippen LogP contribution < -0.4 is 0 Å². The summed E-state index contributed by atoms with van der Waals surface area (Å²) in [6.07, 6.45) is 0. The Morgan fingerprint density at radius 1 is 0.314 bits per heavy atom. The molecule has 0 radical (unpaired) electrons. The van der Waals surface area contributed by atoms with Gasteiger partial charge in [0.25, 0.3) is 0 Å². The number of aryl methyl sites for hydroxylation is 4. The maximum Gasteiger partial charge on any atom is 0.104 e. The van der Waals surface area contributed by atoms with Crippen molar-refractivity contribution >= 4 is 43.6 Å². The predicted octanol–water partition coefficient (Wildman–Crippen LogP) is 17.2. The molecule has 0 aliphatic heterocycles. The summed E-state index contributed by atoms with van der Waals surface area (Å²) < 4.78 is 4.63. The quantitative estimate of drug-likeness (QED) is 0.160. The van der Waals surface area contributed by atoms with Gasteiger partial charge in [-0.25, -0.2) is 0 Å². The van der Waals surface area contributed by atoms with Crippen molar-refractivity contribution in [2.75, 3.05) is 0 Å². The van der Waals surface area contributed by atoms with Crippen LogP contribution in [0.5, 0.6) is 0 Å². The SMILES string of the molecule is Cc1ccc(-c2ccc3c4ccc(-c5ccc(C)cc5)cc4n(-c4ccc(-c5cccc(C#N)c5)c(-n5c6cc(-c7ccc(C)cc7)ccc6c6ccc(-c7ccc(C)cc7)cc65)c4C#N)c3c2)cc1. The lowest BCUT2D eigenvalue weighted by Gasteiger charge is -2.20. The van der Waals surface area contributed by atoms with Crippen molar-refractivity contribution in [3.63, 3.8) is 0 Å². The Bertz CT molecular complexity index is 3930. The molecule has 330 valence electrons. The fourth-order valence-electron chi connectivity index (χ4n) is 10.3. The molecule has 0 saturated heterocycles. The standard InChI is InChI=1S/C66H46N4/c1-41-8-16-46(17-9-41)50-24-28-56-57-29-25-51(47-18-10-42(2)11-19-47)36-63(57)69(62(56)35-50)61-33-32-55(54-7-5-6-45(34-54)39-67)66(60(61)40-68)70-64-37-52(48-20-12-43(3)13-21-48)26-30-58(64)59-31-27-53(38-65(59)70)49-22-14-44(4)15-23-49/h5-38H,1-4H3. The number of hydrogen-bond donors (Lipinski definition) is 0. The normalized spacial score (nSPS) is 11.4. The van der Waals surface area contributed by atoms with Crippen LogP contribution in [0.15, 0.2) is 206 Å². The van der Waals surface area contributed by atoms with Crippen molar-refractivity contribution in [1.82, 2.24) is 9.13 Å². The number of aromatic nitrogens is 2. The van der Waals surface area contributed by atoms with E-state index in [2.05, 4.69) is 231 Å². The van der Waals surface area contributed by atoms with Gasteiger partial charge in [0.05, 0.1) is 45.1 Å². The van der Waals surface area contributed by atoms with Gasteiger partial charge in [-0.3, -0.25) is 0 Å². The number of rotatable bonds is 7. The molecule has 0 fully saturated rings. The van der Waals surface area contributed by atoms with Crippen LogP contribution in [0.4, 0.5) is 0 Å². The zero-order valence-corrected chi connectivity index (χ0v) is 39.4. The first kappa shape index (κ1) is 42.2. The highest BCUT2D eigenvalue weighted by molar-refractivity contribution is 6.14. The van der Waals surface area contributed by atoms with Crippen molar-refractivity contribution in [2.24, 2.45) is 0 Å². The third-order valence-corrected chi connectivity index (χ3v) is 14.1. The van der Waals surface area contributed by atoms with Crippen molar-refractivity contribution in [3.8, 4) is 79.1 Å². The Labute approximate surface area is 407 Å². The summed E-state index contributed by atoms with van der Waals surface area (Å²) >= 11 is 0. The largest absolute Gasteiger partial charge is 0.308 e. The van der Waals surface area contributed by atoms with E-state index in [4.69, 9.17) is 0 Å². The van der Waals surface area contributed by atoms with Crippen LogP contribution >= 0.6 is 0 Å². The average Bonchev–Trinajstić information content (AvgIpc) is 3.89. The fraction of sp³-hybridized carbons (Fsp3) is 0.0606. The molecule has 70 heavy (non-hydrogen) atoms. The smallest absolute Gasteiger partial charge is 0.104 e. The fourth-order valence-corrected chi connectivity index (χ4v) is 10.3. The summed E-state index contributed by atoms with van der Waals surface area (Å²) in [5.74, 6) is 0. The number of fused-ring (bicyclic) bond motifs is 6. The first-order chi connectivity index (χ1) is 34.2. The molecule has 0 amide bonds. The predicted molar refractivity (Wildman–Crippen MR) is 291 cm³/mol. The molecule has 2 aromatic heterocycles. The summed E-state index contributed by atoms with van der Waals surface area (Å²) in [7, 11) is 0. The van der Waals surface area contributed by atoms with E-state index in [1.165, 1.54) is 22.3 Å². The Morgan fingerprint density at radius 3 is 1.03 bits per heavy atom. The van der Waals surface area contributed by atoms with E-state index in [1.807, 2.05) is 24.3 Å². The molecule has 4 nitrogen and oxygen atoms in total. The Balaban J connectivity index is 1.23. The van der Waals surface area contributed by atoms with Crippen molar-refractivity contribution < 1.29 is 0 Å². The zero-order chi connectivity index (χ0) is 47.6. The van der Waals surface area contributed by atoms with Crippen molar-refractivity contribution in [3.05, 3.63) is 240 Å². The molecular formula is C66H46N4. The Kier molecular flexibility index (Phi) is 10.1. The van der Waals surface area contributed by atoms with Crippen LogP contribution in [-0.4, -0.2) is 9.13 Å². The van der Waals surface area contributed by atoms with Crippen LogP contribution in [0.3, 0.4) is 0 Å². The Morgan fingerprint density at radius 2 is 0.671 bits per heavy atom. The molecule has 12 aromatic rings. The lowest BCUT2D eigenvalue weighted by atomic mass is 9.96. The van der Waals surface area contributed by atoms with Crippen molar-refractivity contribution in [2.45, 2.75) is 27.7 Å². The number of nitrogens with zero attached hydrogens (tertiary/aromatic N) is 4. The monoisotopic (exact) mass is 894 g/mol. The van der Waals surface area contributed by atoms with Gasteiger partial charge >= 0.3 is 0 Å².